The molecule has 0 aromatic heterocycles. The topological polar surface area (TPSA) is 49.8 Å². The van der Waals surface area contributed by atoms with Gasteiger partial charge < -0.3 is 9.84 Å². The maximum absolute atomic E-state index is 12.9. The molecule has 126 valence electrons. The Balaban J connectivity index is 2.02. The number of benzene rings is 1. The molecule has 3 rings (SSSR count). The van der Waals surface area contributed by atoms with Crippen molar-refractivity contribution in [1.29, 1.82) is 0 Å². The number of nitrogens with zero attached hydrogens (tertiary/aromatic N) is 1. The van der Waals surface area contributed by atoms with E-state index in [2.05, 4.69) is 6.07 Å². The minimum Gasteiger partial charge on any atom is -0.444 e. The van der Waals surface area contributed by atoms with E-state index >= 15 is 0 Å². The molecule has 1 N–H and O–H groups in total. The Morgan fingerprint density at radius 2 is 2.04 bits per heavy atom. The third kappa shape index (κ3) is 2.85. The standard InChI is InChI=1S/C19H27NO3/c1-18(2,3)23-17(22)20-15-8-6-11-19(20,12-10-15)16-9-5-4-7-14(16)13-21/h4-5,7,9,15,21H,6,8,10-13H2,1-3H3. The fourth-order valence-corrected chi connectivity index (χ4v) is 4.30. The fraction of sp³-hybridized carbons (Fsp3) is 0.632. The Morgan fingerprint density at radius 3 is 2.74 bits per heavy atom. The molecule has 2 fully saturated rings. The van der Waals surface area contributed by atoms with Crippen LogP contribution in [0.3, 0.4) is 0 Å². The molecular weight excluding hydrogens is 290 g/mol. The van der Waals surface area contributed by atoms with Gasteiger partial charge in [0, 0.05) is 6.04 Å². The van der Waals surface area contributed by atoms with Crippen LogP contribution in [0.2, 0.25) is 0 Å². The van der Waals surface area contributed by atoms with Crippen LogP contribution in [0, 0.1) is 0 Å². The summed E-state index contributed by atoms with van der Waals surface area (Å²) in [5.74, 6) is 0. The number of aliphatic hydroxyl groups excluding tert-OH is 1. The van der Waals surface area contributed by atoms with Crippen LogP contribution in [0.25, 0.3) is 0 Å². The number of ether oxygens (including phenoxy) is 1. The third-order valence-corrected chi connectivity index (χ3v) is 5.12. The van der Waals surface area contributed by atoms with Crippen LogP contribution < -0.4 is 0 Å². The summed E-state index contributed by atoms with van der Waals surface area (Å²) >= 11 is 0. The lowest BCUT2D eigenvalue weighted by molar-refractivity contribution is -0.0165. The number of amides is 1. The van der Waals surface area contributed by atoms with E-state index in [9.17, 15) is 9.90 Å². The minimum atomic E-state index is -0.494. The van der Waals surface area contributed by atoms with Crippen molar-refractivity contribution < 1.29 is 14.6 Å². The summed E-state index contributed by atoms with van der Waals surface area (Å²) in [6.45, 7) is 5.73. The van der Waals surface area contributed by atoms with Gasteiger partial charge in [0.25, 0.3) is 0 Å². The Bertz CT molecular complexity index is 589. The molecule has 2 bridgehead atoms. The normalized spacial score (nSPS) is 27.1. The first-order valence-electron chi connectivity index (χ1n) is 8.59. The maximum atomic E-state index is 12.9. The molecule has 1 aromatic carbocycles. The molecule has 2 heterocycles. The predicted molar refractivity (Wildman–Crippen MR) is 89.0 cm³/mol. The van der Waals surface area contributed by atoms with Crippen molar-refractivity contribution in [3.8, 4) is 0 Å². The first-order chi connectivity index (χ1) is 10.9. The molecule has 1 aromatic rings. The summed E-state index contributed by atoms with van der Waals surface area (Å²) in [4.78, 5) is 14.9. The van der Waals surface area contributed by atoms with Gasteiger partial charge in [0.05, 0.1) is 12.1 Å². The molecule has 0 aliphatic carbocycles. The van der Waals surface area contributed by atoms with Gasteiger partial charge in [0.2, 0.25) is 0 Å². The van der Waals surface area contributed by atoms with Crippen LogP contribution in [0.1, 0.15) is 64.0 Å². The Hall–Kier alpha value is -1.55. The average Bonchev–Trinajstić information content (AvgIpc) is 2.73. The van der Waals surface area contributed by atoms with E-state index < -0.39 is 5.60 Å². The van der Waals surface area contributed by atoms with Crippen LogP contribution in [-0.2, 0) is 16.9 Å². The maximum Gasteiger partial charge on any atom is 0.411 e. The van der Waals surface area contributed by atoms with E-state index in [1.807, 2.05) is 43.9 Å². The molecule has 4 nitrogen and oxygen atoms in total. The molecule has 2 aliphatic rings. The lowest BCUT2D eigenvalue weighted by Gasteiger charge is -2.46. The first-order valence-corrected chi connectivity index (χ1v) is 8.59. The molecule has 1 amide bonds. The van der Waals surface area contributed by atoms with Crippen LogP contribution in [-0.4, -0.2) is 27.7 Å². The number of hydrogen-bond donors (Lipinski definition) is 1. The first kappa shape index (κ1) is 16.3. The summed E-state index contributed by atoms with van der Waals surface area (Å²) in [6.07, 6.45) is 4.85. The quantitative estimate of drug-likeness (QED) is 0.898. The van der Waals surface area contributed by atoms with Crippen LogP contribution in [0.4, 0.5) is 4.79 Å². The zero-order valence-electron chi connectivity index (χ0n) is 14.3. The predicted octanol–water partition coefficient (Wildman–Crippen LogP) is 3.96. The fourth-order valence-electron chi connectivity index (χ4n) is 4.30. The number of fused-ring (bicyclic) bond motifs is 2. The van der Waals surface area contributed by atoms with Crippen molar-refractivity contribution in [2.75, 3.05) is 0 Å². The average molecular weight is 317 g/mol. The van der Waals surface area contributed by atoms with E-state index in [-0.39, 0.29) is 24.3 Å². The third-order valence-electron chi connectivity index (χ3n) is 5.12. The molecule has 0 radical (unpaired) electrons. The van der Waals surface area contributed by atoms with Crippen molar-refractivity contribution in [2.24, 2.45) is 0 Å². The minimum absolute atomic E-state index is 0.00471. The van der Waals surface area contributed by atoms with Crippen LogP contribution in [0.5, 0.6) is 0 Å². The van der Waals surface area contributed by atoms with E-state index in [1.165, 1.54) is 0 Å². The van der Waals surface area contributed by atoms with Crippen molar-refractivity contribution >= 4 is 6.09 Å². The van der Waals surface area contributed by atoms with Gasteiger partial charge in [-0.3, -0.25) is 4.90 Å². The molecule has 2 aliphatic heterocycles. The van der Waals surface area contributed by atoms with Crippen molar-refractivity contribution in [3.05, 3.63) is 35.4 Å². The highest BCUT2D eigenvalue weighted by Crippen LogP contribution is 2.51. The zero-order valence-corrected chi connectivity index (χ0v) is 14.3. The molecular formula is C19H27NO3. The molecule has 2 unspecified atom stereocenters. The number of rotatable bonds is 2. The smallest absolute Gasteiger partial charge is 0.411 e. The van der Waals surface area contributed by atoms with Gasteiger partial charge in [-0.25, -0.2) is 4.79 Å². The largest absolute Gasteiger partial charge is 0.444 e. The Labute approximate surface area is 138 Å². The second kappa shape index (κ2) is 5.82. The number of carbonyl (C=O) groups excluding carboxylic acids is 1. The van der Waals surface area contributed by atoms with Gasteiger partial charge in [-0.15, -0.1) is 0 Å². The van der Waals surface area contributed by atoms with Crippen molar-refractivity contribution in [2.45, 2.75) is 76.7 Å². The van der Waals surface area contributed by atoms with Crippen LogP contribution in [0.15, 0.2) is 24.3 Å². The summed E-state index contributed by atoms with van der Waals surface area (Å²) in [5, 5.41) is 9.75. The van der Waals surface area contributed by atoms with E-state index in [0.29, 0.717) is 0 Å². The highest BCUT2D eigenvalue weighted by molar-refractivity contribution is 5.71. The Kier molecular flexibility index (Phi) is 4.13. The van der Waals surface area contributed by atoms with E-state index in [4.69, 9.17) is 4.74 Å². The number of aliphatic hydroxyl groups is 1. The highest BCUT2D eigenvalue weighted by Gasteiger charge is 2.53. The Morgan fingerprint density at radius 1 is 1.30 bits per heavy atom. The van der Waals surface area contributed by atoms with Gasteiger partial charge in [0.1, 0.15) is 5.60 Å². The molecule has 2 atom stereocenters. The van der Waals surface area contributed by atoms with Gasteiger partial charge in [0.15, 0.2) is 0 Å². The molecule has 23 heavy (non-hydrogen) atoms. The van der Waals surface area contributed by atoms with E-state index in [0.717, 1.165) is 43.2 Å². The molecule has 0 spiro atoms. The number of carbonyl (C=O) groups is 1. The number of piperidine rings is 1. The summed E-state index contributed by atoms with van der Waals surface area (Å²) in [7, 11) is 0. The van der Waals surface area contributed by atoms with Gasteiger partial charge >= 0.3 is 6.09 Å². The van der Waals surface area contributed by atoms with Crippen LogP contribution >= 0.6 is 0 Å². The zero-order chi connectivity index (χ0) is 16.7. The van der Waals surface area contributed by atoms with E-state index in [1.54, 1.807) is 0 Å². The summed E-state index contributed by atoms with van der Waals surface area (Å²) in [6, 6.07) is 8.22. The van der Waals surface area contributed by atoms with Crippen molar-refractivity contribution in [1.82, 2.24) is 4.90 Å². The van der Waals surface area contributed by atoms with Gasteiger partial charge in [-0.1, -0.05) is 24.3 Å². The second-order valence-corrected chi connectivity index (χ2v) is 7.78. The SMILES string of the molecule is CC(C)(C)OC(=O)N1C2CCCC1(c1ccccc1CO)CC2. The number of hydrogen-bond acceptors (Lipinski definition) is 3. The summed E-state index contributed by atoms with van der Waals surface area (Å²) in [5.41, 5.74) is 1.20. The molecule has 0 saturated carbocycles. The monoisotopic (exact) mass is 317 g/mol. The van der Waals surface area contributed by atoms with Gasteiger partial charge in [-0.2, -0.15) is 0 Å². The lowest BCUT2D eigenvalue weighted by Crippen LogP contribution is -2.53. The summed E-state index contributed by atoms with van der Waals surface area (Å²) < 4.78 is 5.70. The van der Waals surface area contributed by atoms with Gasteiger partial charge in [-0.05, 0) is 64.0 Å². The second-order valence-electron chi connectivity index (χ2n) is 7.78. The molecule has 2 saturated heterocycles. The van der Waals surface area contributed by atoms with Crippen molar-refractivity contribution in [3.63, 3.8) is 0 Å². The molecule has 4 heteroatoms. The highest BCUT2D eigenvalue weighted by atomic mass is 16.6. The lowest BCUT2D eigenvalue weighted by atomic mass is 9.79.